The van der Waals surface area contributed by atoms with Gasteiger partial charge in [0.15, 0.2) is 0 Å². The monoisotopic (exact) mass is 233 g/mol. The Bertz CT molecular complexity index is 207. The van der Waals surface area contributed by atoms with Gasteiger partial charge < -0.3 is 9.64 Å². The minimum atomic E-state index is -0.720. The Labute approximate surface area is 97.5 Å². The molecule has 0 saturated heterocycles. The number of carbonyl (C=O) groups excluding carboxylic acids is 1. The summed E-state index contributed by atoms with van der Waals surface area (Å²) in [5, 5.41) is 0. The summed E-state index contributed by atoms with van der Waals surface area (Å²) >= 11 is 1.80. The first kappa shape index (κ1) is 14.8. The van der Waals surface area contributed by atoms with Gasteiger partial charge >= 0.3 is 0 Å². The minimum Gasteiger partial charge on any atom is -0.369 e. The Balaban J connectivity index is 4.31. The molecule has 0 aromatic rings. The van der Waals surface area contributed by atoms with E-state index >= 15 is 0 Å². The Kier molecular flexibility index (Phi) is 6.29. The van der Waals surface area contributed by atoms with Crippen molar-refractivity contribution in [3.63, 3.8) is 0 Å². The summed E-state index contributed by atoms with van der Waals surface area (Å²) in [6.07, 6.45) is 3.09. The van der Waals surface area contributed by atoms with E-state index in [1.165, 1.54) is 0 Å². The molecule has 90 valence electrons. The molecule has 0 aliphatic heterocycles. The van der Waals surface area contributed by atoms with Crippen LogP contribution in [0.2, 0.25) is 0 Å². The molecule has 1 unspecified atom stereocenters. The highest BCUT2D eigenvalue weighted by Gasteiger charge is 2.31. The number of carbonyl (C=O) groups is 1. The number of ether oxygens (including phenoxy) is 1. The number of hydrogen-bond donors (Lipinski definition) is 0. The van der Waals surface area contributed by atoms with Gasteiger partial charge in [-0.25, -0.2) is 0 Å². The minimum absolute atomic E-state index is 0.0404. The molecule has 1 atom stereocenters. The fourth-order valence-electron chi connectivity index (χ4n) is 1.19. The maximum atomic E-state index is 12.0. The Hall–Kier alpha value is -0.220. The van der Waals surface area contributed by atoms with Crippen LogP contribution < -0.4 is 0 Å². The van der Waals surface area contributed by atoms with E-state index in [0.717, 1.165) is 12.2 Å². The van der Waals surface area contributed by atoms with Crippen molar-refractivity contribution < 1.29 is 9.53 Å². The molecule has 4 heteroatoms. The molecular weight excluding hydrogens is 210 g/mol. The first-order valence-electron chi connectivity index (χ1n) is 5.18. The second-order valence-electron chi connectivity index (χ2n) is 4.26. The van der Waals surface area contributed by atoms with Crippen molar-refractivity contribution in [3.8, 4) is 0 Å². The number of thioether (sulfide) groups is 1. The SMILES string of the molecule is COC(C)(C)C(=O)N(C)C(C)CCSC. The maximum absolute atomic E-state index is 12.0. The summed E-state index contributed by atoms with van der Waals surface area (Å²) in [4.78, 5) is 13.8. The number of hydrogen-bond acceptors (Lipinski definition) is 3. The van der Waals surface area contributed by atoms with E-state index in [0.29, 0.717) is 0 Å². The molecule has 3 nitrogen and oxygen atoms in total. The predicted octanol–water partition coefficient (Wildman–Crippen LogP) is 2.01. The standard InChI is InChI=1S/C11H23NO2S/c1-9(7-8-15-6)12(4)10(13)11(2,3)14-5/h9H,7-8H2,1-6H3. The van der Waals surface area contributed by atoms with Crippen LogP contribution >= 0.6 is 11.8 Å². The van der Waals surface area contributed by atoms with Crippen molar-refractivity contribution in [3.05, 3.63) is 0 Å². The average Bonchev–Trinajstić information content (AvgIpc) is 2.23. The number of likely N-dealkylation sites (N-methyl/N-ethyl adjacent to an activating group) is 1. The zero-order chi connectivity index (χ0) is 12.1. The summed E-state index contributed by atoms with van der Waals surface area (Å²) in [7, 11) is 3.41. The highest BCUT2D eigenvalue weighted by atomic mass is 32.2. The molecule has 0 radical (unpaired) electrons. The van der Waals surface area contributed by atoms with E-state index in [-0.39, 0.29) is 11.9 Å². The van der Waals surface area contributed by atoms with Gasteiger partial charge in [0.2, 0.25) is 0 Å². The lowest BCUT2D eigenvalue weighted by molar-refractivity contribution is -0.151. The van der Waals surface area contributed by atoms with Gasteiger partial charge in [-0.05, 0) is 39.2 Å². The highest BCUT2D eigenvalue weighted by molar-refractivity contribution is 7.98. The second kappa shape index (κ2) is 6.38. The van der Waals surface area contributed by atoms with Crippen LogP contribution in [0, 0.1) is 0 Å². The zero-order valence-corrected chi connectivity index (χ0v) is 11.5. The molecular formula is C11H23NO2S. The Morgan fingerprint density at radius 3 is 2.47 bits per heavy atom. The van der Waals surface area contributed by atoms with Gasteiger partial charge in [0.25, 0.3) is 5.91 Å². The molecule has 0 bridgehead atoms. The quantitative estimate of drug-likeness (QED) is 0.703. The van der Waals surface area contributed by atoms with Gasteiger partial charge in [-0.15, -0.1) is 0 Å². The number of nitrogens with zero attached hydrogens (tertiary/aromatic N) is 1. The van der Waals surface area contributed by atoms with Crippen molar-refractivity contribution in [2.24, 2.45) is 0 Å². The van der Waals surface area contributed by atoms with E-state index in [1.807, 2.05) is 7.05 Å². The smallest absolute Gasteiger partial charge is 0.254 e. The summed E-state index contributed by atoms with van der Waals surface area (Å²) in [6.45, 7) is 5.67. The molecule has 0 N–H and O–H groups in total. The van der Waals surface area contributed by atoms with Gasteiger partial charge in [-0.2, -0.15) is 11.8 Å². The first-order valence-corrected chi connectivity index (χ1v) is 6.57. The average molecular weight is 233 g/mol. The Morgan fingerprint density at radius 1 is 1.53 bits per heavy atom. The van der Waals surface area contributed by atoms with Crippen molar-refractivity contribution in [2.45, 2.75) is 38.8 Å². The third-order valence-corrected chi connectivity index (χ3v) is 3.39. The lowest BCUT2D eigenvalue weighted by atomic mass is 10.1. The van der Waals surface area contributed by atoms with Crippen LogP contribution in [0.3, 0.4) is 0 Å². The van der Waals surface area contributed by atoms with Crippen molar-refractivity contribution >= 4 is 17.7 Å². The first-order chi connectivity index (χ1) is 6.86. The van der Waals surface area contributed by atoms with E-state index < -0.39 is 5.60 Å². The van der Waals surface area contributed by atoms with E-state index in [4.69, 9.17) is 4.74 Å². The normalized spacial score (nSPS) is 13.7. The molecule has 0 saturated carbocycles. The second-order valence-corrected chi connectivity index (χ2v) is 5.25. The van der Waals surface area contributed by atoms with E-state index in [2.05, 4.69) is 13.2 Å². The van der Waals surface area contributed by atoms with Crippen molar-refractivity contribution in [2.75, 3.05) is 26.2 Å². The largest absolute Gasteiger partial charge is 0.369 e. The van der Waals surface area contributed by atoms with Crippen LogP contribution in [-0.2, 0) is 9.53 Å². The van der Waals surface area contributed by atoms with Gasteiger partial charge in [0.1, 0.15) is 5.60 Å². The van der Waals surface area contributed by atoms with Crippen molar-refractivity contribution in [1.82, 2.24) is 4.90 Å². The number of rotatable bonds is 6. The predicted molar refractivity (Wildman–Crippen MR) is 66.3 cm³/mol. The van der Waals surface area contributed by atoms with Crippen LogP contribution in [0.15, 0.2) is 0 Å². The molecule has 0 aliphatic carbocycles. The molecule has 1 amide bonds. The lowest BCUT2D eigenvalue weighted by Gasteiger charge is -2.32. The third kappa shape index (κ3) is 4.43. The molecule has 0 aromatic carbocycles. The van der Waals surface area contributed by atoms with E-state index in [1.54, 1.807) is 37.6 Å². The summed E-state index contributed by atoms with van der Waals surface area (Å²) in [5.74, 6) is 1.12. The molecule has 0 heterocycles. The summed E-state index contributed by atoms with van der Waals surface area (Å²) in [6, 6.07) is 0.263. The van der Waals surface area contributed by atoms with E-state index in [9.17, 15) is 4.79 Å². The Morgan fingerprint density at radius 2 is 2.07 bits per heavy atom. The van der Waals surface area contributed by atoms with Gasteiger partial charge in [-0.3, -0.25) is 4.79 Å². The van der Waals surface area contributed by atoms with Crippen LogP contribution in [0.5, 0.6) is 0 Å². The molecule has 0 aromatic heterocycles. The summed E-state index contributed by atoms with van der Waals surface area (Å²) in [5.41, 5.74) is -0.720. The van der Waals surface area contributed by atoms with Crippen LogP contribution in [0.1, 0.15) is 27.2 Å². The zero-order valence-electron chi connectivity index (χ0n) is 10.7. The number of amides is 1. The number of methoxy groups -OCH3 is 1. The lowest BCUT2D eigenvalue weighted by Crippen LogP contribution is -2.48. The topological polar surface area (TPSA) is 29.5 Å². The summed E-state index contributed by atoms with van der Waals surface area (Å²) < 4.78 is 5.18. The maximum Gasteiger partial charge on any atom is 0.254 e. The van der Waals surface area contributed by atoms with Gasteiger partial charge in [0, 0.05) is 20.2 Å². The van der Waals surface area contributed by atoms with Crippen LogP contribution in [-0.4, -0.2) is 48.6 Å². The third-order valence-electron chi connectivity index (χ3n) is 2.75. The molecule has 15 heavy (non-hydrogen) atoms. The van der Waals surface area contributed by atoms with Crippen molar-refractivity contribution in [1.29, 1.82) is 0 Å². The van der Waals surface area contributed by atoms with Crippen LogP contribution in [0.4, 0.5) is 0 Å². The van der Waals surface area contributed by atoms with Crippen LogP contribution in [0.25, 0.3) is 0 Å². The van der Waals surface area contributed by atoms with Gasteiger partial charge in [-0.1, -0.05) is 0 Å². The fourth-order valence-corrected chi connectivity index (χ4v) is 1.77. The fraction of sp³-hybridized carbons (Fsp3) is 0.909. The molecule has 0 spiro atoms. The highest BCUT2D eigenvalue weighted by Crippen LogP contribution is 2.15. The van der Waals surface area contributed by atoms with Gasteiger partial charge in [0.05, 0.1) is 0 Å². The molecule has 0 fully saturated rings. The molecule has 0 rings (SSSR count). The molecule has 0 aliphatic rings.